The molecule has 0 unspecified atom stereocenters. The maximum absolute atomic E-state index is 11.9. The van der Waals surface area contributed by atoms with Gasteiger partial charge in [-0.2, -0.15) is 0 Å². The van der Waals surface area contributed by atoms with E-state index in [0.29, 0.717) is 11.3 Å². The summed E-state index contributed by atoms with van der Waals surface area (Å²) in [5.41, 5.74) is 6.23. The number of carbonyl (C=O) groups is 2. The van der Waals surface area contributed by atoms with Gasteiger partial charge in [0.25, 0.3) is 0 Å². The molecule has 20 heavy (non-hydrogen) atoms. The van der Waals surface area contributed by atoms with E-state index in [4.69, 9.17) is 10.5 Å². The average molecular weight is 267 g/mol. The molecule has 4 nitrogen and oxygen atoms in total. The first-order chi connectivity index (χ1) is 9.65. The van der Waals surface area contributed by atoms with Crippen molar-refractivity contribution in [2.75, 3.05) is 0 Å². The van der Waals surface area contributed by atoms with E-state index in [-0.39, 0.29) is 0 Å². The minimum atomic E-state index is -0.531. The molecular weight excluding hydrogens is 254 g/mol. The fourth-order valence-electron chi connectivity index (χ4n) is 1.60. The summed E-state index contributed by atoms with van der Waals surface area (Å²) in [5, 5.41) is 0. The Labute approximate surface area is 116 Å². The van der Waals surface area contributed by atoms with Gasteiger partial charge in [0.2, 0.25) is 5.91 Å². The lowest BCUT2D eigenvalue weighted by atomic mass is 10.2. The van der Waals surface area contributed by atoms with Crippen LogP contribution in [0.1, 0.15) is 15.9 Å². The third kappa shape index (κ3) is 3.81. The monoisotopic (exact) mass is 267 g/mol. The predicted octanol–water partition coefficient (Wildman–Crippen LogP) is 2.40. The first-order valence-electron chi connectivity index (χ1n) is 6.00. The normalized spacial score (nSPS) is 10.4. The molecule has 2 aromatic rings. The molecule has 0 fully saturated rings. The summed E-state index contributed by atoms with van der Waals surface area (Å²) in [6.45, 7) is 0. The zero-order chi connectivity index (χ0) is 14.4. The topological polar surface area (TPSA) is 69.4 Å². The number of esters is 1. The van der Waals surface area contributed by atoms with Crippen LogP contribution in [0.25, 0.3) is 6.08 Å². The van der Waals surface area contributed by atoms with Crippen molar-refractivity contribution in [2.45, 2.75) is 0 Å². The van der Waals surface area contributed by atoms with Gasteiger partial charge in [0.15, 0.2) is 0 Å². The SMILES string of the molecule is NC(=O)C=Cc1cccc(OC(=O)c2ccccc2)c1. The van der Waals surface area contributed by atoms with Crippen molar-refractivity contribution in [2.24, 2.45) is 5.73 Å². The fraction of sp³-hybridized carbons (Fsp3) is 0. The molecular formula is C16H13NO3. The van der Waals surface area contributed by atoms with Gasteiger partial charge in [-0.1, -0.05) is 30.3 Å². The number of hydrogen-bond donors (Lipinski definition) is 1. The summed E-state index contributed by atoms with van der Waals surface area (Å²) < 4.78 is 5.26. The van der Waals surface area contributed by atoms with Crippen molar-refractivity contribution in [3.8, 4) is 5.75 Å². The van der Waals surface area contributed by atoms with E-state index in [1.54, 1.807) is 54.6 Å². The Morgan fingerprint density at radius 1 is 1.00 bits per heavy atom. The third-order valence-electron chi connectivity index (χ3n) is 2.52. The number of primary amides is 1. The maximum Gasteiger partial charge on any atom is 0.343 e. The van der Waals surface area contributed by atoms with Gasteiger partial charge in [-0.15, -0.1) is 0 Å². The largest absolute Gasteiger partial charge is 0.423 e. The molecule has 0 aliphatic heterocycles. The van der Waals surface area contributed by atoms with Crippen LogP contribution in [0.5, 0.6) is 5.75 Å². The highest BCUT2D eigenvalue weighted by Crippen LogP contribution is 2.16. The van der Waals surface area contributed by atoms with E-state index >= 15 is 0 Å². The Hall–Kier alpha value is -2.88. The van der Waals surface area contributed by atoms with E-state index in [2.05, 4.69) is 0 Å². The first kappa shape index (κ1) is 13.5. The average Bonchev–Trinajstić information content (AvgIpc) is 2.46. The van der Waals surface area contributed by atoms with Crippen molar-refractivity contribution >= 4 is 18.0 Å². The molecule has 2 N–H and O–H groups in total. The van der Waals surface area contributed by atoms with E-state index < -0.39 is 11.9 Å². The Balaban J connectivity index is 2.12. The van der Waals surface area contributed by atoms with Crippen LogP contribution < -0.4 is 10.5 Å². The quantitative estimate of drug-likeness (QED) is 0.525. The van der Waals surface area contributed by atoms with Gasteiger partial charge in [-0.05, 0) is 35.9 Å². The summed E-state index contributed by atoms with van der Waals surface area (Å²) in [5.74, 6) is -0.552. The Morgan fingerprint density at radius 3 is 2.45 bits per heavy atom. The van der Waals surface area contributed by atoms with Crippen LogP contribution in [0.15, 0.2) is 60.7 Å². The lowest BCUT2D eigenvalue weighted by Crippen LogP contribution is -2.08. The van der Waals surface area contributed by atoms with Crippen LogP contribution in [0.2, 0.25) is 0 Å². The van der Waals surface area contributed by atoms with E-state index in [1.165, 1.54) is 6.08 Å². The van der Waals surface area contributed by atoms with E-state index in [1.807, 2.05) is 6.07 Å². The number of rotatable bonds is 4. The van der Waals surface area contributed by atoms with Gasteiger partial charge in [-0.25, -0.2) is 4.79 Å². The third-order valence-corrected chi connectivity index (χ3v) is 2.52. The summed E-state index contributed by atoms with van der Waals surface area (Å²) in [6.07, 6.45) is 2.81. The Bertz CT molecular complexity index is 648. The lowest BCUT2D eigenvalue weighted by Gasteiger charge is -2.04. The smallest absolute Gasteiger partial charge is 0.343 e. The van der Waals surface area contributed by atoms with Crippen LogP contribution in [0, 0.1) is 0 Å². The second kappa shape index (κ2) is 6.33. The van der Waals surface area contributed by atoms with Gasteiger partial charge < -0.3 is 10.5 Å². The number of amides is 1. The molecule has 0 bridgehead atoms. The number of carbonyl (C=O) groups excluding carboxylic acids is 2. The highest BCUT2D eigenvalue weighted by molar-refractivity contribution is 5.91. The lowest BCUT2D eigenvalue weighted by molar-refractivity contribution is -0.113. The maximum atomic E-state index is 11.9. The van der Waals surface area contributed by atoms with Gasteiger partial charge in [0, 0.05) is 6.08 Å². The molecule has 4 heteroatoms. The summed E-state index contributed by atoms with van der Waals surface area (Å²) in [7, 11) is 0. The molecule has 1 amide bonds. The molecule has 0 spiro atoms. The van der Waals surface area contributed by atoms with Crippen LogP contribution in [-0.2, 0) is 4.79 Å². The highest BCUT2D eigenvalue weighted by atomic mass is 16.5. The molecule has 2 rings (SSSR count). The van der Waals surface area contributed by atoms with Crippen molar-refractivity contribution in [3.63, 3.8) is 0 Å². The minimum Gasteiger partial charge on any atom is -0.423 e. The van der Waals surface area contributed by atoms with Gasteiger partial charge >= 0.3 is 5.97 Å². The predicted molar refractivity (Wildman–Crippen MR) is 76.1 cm³/mol. The molecule has 0 aliphatic rings. The van der Waals surface area contributed by atoms with E-state index in [0.717, 1.165) is 5.56 Å². The first-order valence-corrected chi connectivity index (χ1v) is 6.00. The van der Waals surface area contributed by atoms with Crippen molar-refractivity contribution in [1.29, 1.82) is 0 Å². The second-order valence-corrected chi connectivity index (χ2v) is 4.06. The Morgan fingerprint density at radius 2 is 1.75 bits per heavy atom. The van der Waals surface area contributed by atoms with Gasteiger partial charge in [-0.3, -0.25) is 4.79 Å². The molecule has 0 radical (unpaired) electrons. The molecule has 0 heterocycles. The summed E-state index contributed by atoms with van der Waals surface area (Å²) in [4.78, 5) is 22.5. The zero-order valence-corrected chi connectivity index (χ0v) is 10.7. The summed E-state index contributed by atoms with van der Waals surface area (Å²) >= 11 is 0. The second-order valence-electron chi connectivity index (χ2n) is 4.06. The number of nitrogens with two attached hydrogens (primary N) is 1. The minimum absolute atomic E-state index is 0.408. The molecule has 100 valence electrons. The molecule has 0 saturated heterocycles. The standard InChI is InChI=1S/C16H13NO3/c17-15(18)10-9-12-5-4-8-14(11-12)20-16(19)13-6-2-1-3-7-13/h1-11H,(H2,17,18). The highest BCUT2D eigenvalue weighted by Gasteiger charge is 2.07. The van der Waals surface area contributed by atoms with Crippen LogP contribution >= 0.6 is 0 Å². The van der Waals surface area contributed by atoms with Crippen LogP contribution in [-0.4, -0.2) is 11.9 Å². The molecule has 0 aromatic heterocycles. The number of hydrogen-bond acceptors (Lipinski definition) is 3. The molecule has 0 saturated carbocycles. The van der Waals surface area contributed by atoms with E-state index in [9.17, 15) is 9.59 Å². The Kier molecular flexibility index (Phi) is 4.29. The van der Waals surface area contributed by atoms with Crippen molar-refractivity contribution in [3.05, 3.63) is 71.8 Å². The van der Waals surface area contributed by atoms with Gasteiger partial charge in [0.05, 0.1) is 5.56 Å². The molecule has 0 aliphatic carbocycles. The number of ether oxygens (including phenoxy) is 1. The fourth-order valence-corrected chi connectivity index (χ4v) is 1.60. The van der Waals surface area contributed by atoms with Crippen LogP contribution in [0.4, 0.5) is 0 Å². The van der Waals surface area contributed by atoms with Crippen molar-refractivity contribution < 1.29 is 14.3 Å². The van der Waals surface area contributed by atoms with Gasteiger partial charge in [0.1, 0.15) is 5.75 Å². The molecule has 0 atom stereocenters. The van der Waals surface area contributed by atoms with Crippen molar-refractivity contribution in [1.82, 2.24) is 0 Å². The number of benzene rings is 2. The van der Waals surface area contributed by atoms with Crippen LogP contribution in [0.3, 0.4) is 0 Å². The zero-order valence-electron chi connectivity index (χ0n) is 10.7. The molecule has 2 aromatic carbocycles. The summed E-state index contributed by atoms with van der Waals surface area (Å²) in [6, 6.07) is 15.5.